The van der Waals surface area contributed by atoms with Gasteiger partial charge in [-0.05, 0) is 47.9 Å². The van der Waals surface area contributed by atoms with Gasteiger partial charge in [-0.1, -0.05) is 48.0 Å². The number of fused-ring (bicyclic) bond motifs is 1. The number of amides is 2. The Morgan fingerprint density at radius 3 is 2.43 bits per heavy atom. The van der Waals surface area contributed by atoms with Crippen LogP contribution in [0.15, 0.2) is 66.7 Å². The van der Waals surface area contributed by atoms with E-state index in [2.05, 4.69) is 16.2 Å². The number of halogens is 1. The molecule has 3 N–H and O–H groups in total. The third-order valence-electron chi connectivity index (χ3n) is 3.76. The zero-order chi connectivity index (χ0) is 19.9. The van der Waals surface area contributed by atoms with E-state index in [1.165, 1.54) is 0 Å². The lowest BCUT2D eigenvalue weighted by atomic mass is 10.1. The van der Waals surface area contributed by atoms with Crippen LogP contribution >= 0.6 is 23.8 Å². The summed E-state index contributed by atoms with van der Waals surface area (Å²) in [6.45, 7) is -0.214. The second-order valence-electron chi connectivity index (χ2n) is 5.73. The van der Waals surface area contributed by atoms with Gasteiger partial charge in [0.2, 0.25) is 0 Å². The Labute approximate surface area is 171 Å². The largest absolute Gasteiger partial charge is 0.483 e. The Balaban J connectivity index is 1.46. The molecule has 2 amide bonds. The first-order valence-corrected chi connectivity index (χ1v) is 9.08. The van der Waals surface area contributed by atoms with Crippen molar-refractivity contribution in [1.82, 2.24) is 16.2 Å². The van der Waals surface area contributed by atoms with Gasteiger partial charge in [0.15, 0.2) is 11.7 Å². The van der Waals surface area contributed by atoms with Crippen LogP contribution in [0.5, 0.6) is 5.75 Å². The zero-order valence-corrected chi connectivity index (χ0v) is 16.1. The highest BCUT2D eigenvalue weighted by atomic mass is 35.5. The molecule has 6 nitrogen and oxygen atoms in total. The highest BCUT2D eigenvalue weighted by Crippen LogP contribution is 2.24. The molecule has 0 saturated heterocycles. The summed E-state index contributed by atoms with van der Waals surface area (Å²) in [4.78, 5) is 24.0. The lowest BCUT2D eigenvalue weighted by Crippen LogP contribution is -2.49. The molecule has 0 aliphatic carbocycles. The minimum absolute atomic E-state index is 0.0431. The molecule has 0 radical (unpaired) electrons. The number of carbonyl (C=O) groups is 2. The Morgan fingerprint density at radius 1 is 0.929 bits per heavy atom. The number of hydrazine groups is 1. The number of benzene rings is 3. The summed E-state index contributed by atoms with van der Waals surface area (Å²) < 4.78 is 5.58. The fourth-order valence-corrected chi connectivity index (χ4v) is 2.70. The molecule has 28 heavy (non-hydrogen) atoms. The van der Waals surface area contributed by atoms with Crippen molar-refractivity contribution in [2.75, 3.05) is 6.61 Å². The molecular formula is C20H16ClN3O3S. The maximum absolute atomic E-state index is 12.0. The van der Waals surface area contributed by atoms with Crippen molar-refractivity contribution in [3.63, 3.8) is 0 Å². The van der Waals surface area contributed by atoms with E-state index in [4.69, 9.17) is 28.6 Å². The molecule has 0 heterocycles. The molecule has 0 aromatic heterocycles. The van der Waals surface area contributed by atoms with E-state index in [1.54, 1.807) is 30.3 Å². The SMILES string of the molecule is O=C(COc1cccc2ccccc12)NNC(=S)NC(=O)c1ccc(Cl)cc1. The Bertz CT molecular complexity index is 1020. The van der Waals surface area contributed by atoms with Gasteiger partial charge in [0, 0.05) is 16.0 Å². The zero-order valence-electron chi connectivity index (χ0n) is 14.6. The van der Waals surface area contributed by atoms with Crippen LogP contribution in [-0.2, 0) is 4.79 Å². The molecule has 0 bridgehead atoms. The van der Waals surface area contributed by atoms with Gasteiger partial charge in [0.05, 0.1) is 0 Å². The van der Waals surface area contributed by atoms with Gasteiger partial charge in [-0.2, -0.15) is 0 Å². The van der Waals surface area contributed by atoms with Crippen molar-refractivity contribution in [3.05, 3.63) is 77.3 Å². The lowest BCUT2D eigenvalue weighted by Gasteiger charge is -2.12. The van der Waals surface area contributed by atoms with Gasteiger partial charge in [-0.15, -0.1) is 0 Å². The van der Waals surface area contributed by atoms with E-state index >= 15 is 0 Å². The van der Waals surface area contributed by atoms with Crippen LogP contribution in [0.1, 0.15) is 10.4 Å². The van der Waals surface area contributed by atoms with Crippen molar-refractivity contribution < 1.29 is 14.3 Å². The number of ether oxygens (including phenoxy) is 1. The number of thiocarbonyl (C=S) groups is 1. The van der Waals surface area contributed by atoms with Gasteiger partial charge in [0.25, 0.3) is 11.8 Å². The van der Waals surface area contributed by atoms with Crippen molar-refractivity contribution in [3.8, 4) is 5.75 Å². The second-order valence-corrected chi connectivity index (χ2v) is 6.57. The van der Waals surface area contributed by atoms with Crippen molar-refractivity contribution in [2.45, 2.75) is 0 Å². The first kappa shape index (κ1) is 19.6. The standard InChI is InChI=1S/C20H16ClN3O3S/c21-15-10-8-14(9-11-15)19(26)22-20(28)24-23-18(25)12-27-17-7-3-5-13-4-1-2-6-16(13)17/h1-11H,12H2,(H,23,25)(H2,22,24,26,28). The van der Waals surface area contributed by atoms with Crippen LogP contribution in [0, 0.1) is 0 Å². The highest BCUT2D eigenvalue weighted by Gasteiger charge is 2.09. The number of carbonyl (C=O) groups excluding carboxylic acids is 2. The predicted molar refractivity (Wildman–Crippen MR) is 112 cm³/mol. The molecule has 142 valence electrons. The molecule has 0 aliphatic rings. The third kappa shape index (κ3) is 5.18. The first-order chi connectivity index (χ1) is 13.5. The molecule has 0 fully saturated rings. The van der Waals surface area contributed by atoms with Crippen molar-refractivity contribution in [2.24, 2.45) is 0 Å². The van der Waals surface area contributed by atoms with Crippen LogP contribution in [0.25, 0.3) is 10.8 Å². The van der Waals surface area contributed by atoms with E-state index in [0.717, 1.165) is 10.8 Å². The van der Waals surface area contributed by atoms with Gasteiger partial charge in [-0.3, -0.25) is 25.8 Å². The second kappa shape index (κ2) is 9.16. The van der Waals surface area contributed by atoms with Crippen molar-refractivity contribution in [1.29, 1.82) is 0 Å². The van der Waals surface area contributed by atoms with Crippen LogP contribution in [0.4, 0.5) is 0 Å². The number of rotatable bonds is 4. The van der Waals surface area contributed by atoms with Gasteiger partial charge in [-0.25, -0.2) is 0 Å². The Kier molecular flexibility index (Phi) is 6.41. The molecular weight excluding hydrogens is 398 g/mol. The third-order valence-corrected chi connectivity index (χ3v) is 4.21. The summed E-state index contributed by atoms with van der Waals surface area (Å²) in [5, 5.41) is 4.86. The van der Waals surface area contributed by atoms with Crippen LogP contribution in [-0.4, -0.2) is 23.5 Å². The van der Waals surface area contributed by atoms with Gasteiger partial charge in [0.1, 0.15) is 5.75 Å². The first-order valence-electron chi connectivity index (χ1n) is 8.29. The van der Waals surface area contributed by atoms with Crippen LogP contribution in [0.3, 0.4) is 0 Å². The summed E-state index contributed by atoms with van der Waals surface area (Å²) in [5.74, 6) is -0.265. The Hall–Kier alpha value is -3.16. The fourth-order valence-electron chi connectivity index (χ4n) is 2.44. The minimum atomic E-state index is -0.448. The quantitative estimate of drug-likeness (QED) is 0.452. The summed E-state index contributed by atoms with van der Waals surface area (Å²) in [7, 11) is 0. The minimum Gasteiger partial charge on any atom is -0.483 e. The van der Waals surface area contributed by atoms with Gasteiger partial charge >= 0.3 is 0 Å². The summed E-state index contributed by atoms with van der Waals surface area (Å²) in [5.41, 5.74) is 5.23. The van der Waals surface area contributed by atoms with E-state index in [1.807, 2.05) is 36.4 Å². The van der Waals surface area contributed by atoms with Gasteiger partial charge < -0.3 is 4.74 Å². The molecule has 0 spiro atoms. The average molecular weight is 414 g/mol. The molecule has 3 aromatic carbocycles. The summed E-state index contributed by atoms with van der Waals surface area (Å²) >= 11 is 10.8. The average Bonchev–Trinajstić information content (AvgIpc) is 2.71. The molecule has 0 aliphatic heterocycles. The van der Waals surface area contributed by atoms with Crippen LogP contribution in [0.2, 0.25) is 5.02 Å². The highest BCUT2D eigenvalue weighted by molar-refractivity contribution is 7.80. The summed E-state index contributed by atoms with van der Waals surface area (Å²) in [6, 6.07) is 19.7. The van der Waals surface area contributed by atoms with Crippen molar-refractivity contribution >= 4 is 51.5 Å². The maximum Gasteiger partial charge on any atom is 0.276 e. The molecule has 0 saturated carbocycles. The molecule has 0 unspecified atom stereocenters. The number of hydrogen-bond acceptors (Lipinski definition) is 4. The summed E-state index contributed by atoms with van der Waals surface area (Å²) in [6.07, 6.45) is 0. The smallest absolute Gasteiger partial charge is 0.276 e. The topological polar surface area (TPSA) is 79.5 Å². The molecule has 3 rings (SSSR count). The molecule has 0 atom stereocenters. The fraction of sp³-hybridized carbons (Fsp3) is 0.0500. The van der Waals surface area contributed by atoms with E-state index in [9.17, 15) is 9.59 Å². The molecule has 8 heteroatoms. The maximum atomic E-state index is 12.0. The molecule has 3 aromatic rings. The van der Waals surface area contributed by atoms with E-state index in [0.29, 0.717) is 16.3 Å². The lowest BCUT2D eigenvalue weighted by molar-refractivity contribution is -0.123. The predicted octanol–water partition coefficient (Wildman–Crippen LogP) is 3.21. The van der Waals surface area contributed by atoms with E-state index < -0.39 is 11.8 Å². The van der Waals surface area contributed by atoms with E-state index in [-0.39, 0.29) is 11.7 Å². The Morgan fingerprint density at radius 2 is 1.64 bits per heavy atom. The number of hydrogen-bond donors (Lipinski definition) is 3. The normalized spacial score (nSPS) is 10.2. The van der Waals surface area contributed by atoms with Crippen LogP contribution < -0.4 is 20.9 Å². The monoisotopic (exact) mass is 413 g/mol. The number of nitrogens with one attached hydrogen (secondary N) is 3.